The van der Waals surface area contributed by atoms with Gasteiger partial charge in [0.05, 0.1) is 35.4 Å². The maximum atomic E-state index is 12.3. The van der Waals surface area contributed by atoms with Crippen molar-refractivity contribution in [2.75, 3.05) is 62.2 Å². The molecule has 0 saturated carbocycles. The average Bonchev–Trinajstić information content (AvgIpc) is 3.95. The van der Waals surface area contributed by atoms with Gasteiger partial charge in [0, 0.05) is 101 Å². The van der Waals surface area contributed by atoms with Crippen molar-refractivity contribution in [1.82, 2.24) is 40.2 Å². The van der Waals surface area contributed by atoms with Crippen molar-refractivity contribution in [2.24, 2.45) is 0 Å². The summed E-state index contributed by atoms with van der Waals surface area (Å²) in [5.41, 5.74) is 10.5. The molecule has 2 fully saturated rings. The van der Waals surface area contributed by atoms with Crippen LogP contribution < -0.4 is 39.4 Å². The van der Waals surface area contributed by atoms with Crippen molar-refractivity contribution in [1.29, 1.82) is 0 Å². The van der Waals surface area contributed by atoms with E-state index in [9.17, 15) is 19.2 Å². The zero-order valence-electron chi connectivity index (χ0n) is 37.3. The third-order valence-corrected chi connectivity index (χ3v) is 11.1. The Morgan fingerprint density at radius 3 is 1.11 bits per heavy atom. The zero-order valence-corrected chi connectivity index (χ0v) is 39.3. The summed E-state index contributed by atoms with van der Waals surface area (Å²) in [7, 11) is 0. The van der Waals surface area contributed by atoms with Gasteiger partial charge in [0.1, 0.15) is 0 Å². The molecule has 0 spiro atoms. The Balaban J connectivity index is 0.000000330. The summed E-state index contributed by atoms with van der Waals surface area (Å²) in [5.74, 6) is -0.431. The molecule has 2 amide bonds. The van der Waals surface area contributed by atoms with Gasteiger partial charge >= 0.3 is 41.5 Å². The first-order valence-electron chi connectivity index (χ1n) is 20.7. The molecule has 8 rings (SSSR count). The number of pyridine rings is 2. The molecule has 2 saturated heterocycles. The number of benzene rings is 2. The Morgan fingerprint density at radius 1 is 0.485 bits per heavy atom. The smallest absolute Gasteiger partial charge is 0.481 e. The Hall–Kier alpha value is -6.48. The van der Waals surface area contributed by atoms with E-state index >= 15 is 0 Å². The van der Waals surface area contributed by atoms with Crippen LogP contribution in [0.25, 0.3) is 44.8 Å². The number of carboxylic acid groups (broad SMARTS) is 2. The number of H-pyrrole nitrogens is 2. The number of nitrogens with one attached hydrogen (secondary N) is 2. The van der Waals surface area contributed by atoms with Crippen molar-refractivity contribution < 1.29 is 75.4 Å². The molecule has 6 aromatic rings. The zero-order chi connectivity index (χ0) is 43.6. The van der Waals surface area contributed by atoms with Crippen LogP contribution in [0.15, 0.2) is 97.6 Å². The van der Waals surface area contributed by atoms with Gasteiger partial charge in [0.15, 0.2) is 11.6 Å². The third kappa shape index (κ3) is 13.3. The van der Waals surface area contributed by atoms with Gasteiger partial charge in [-0.05, 0) is 49.2 Å². The minimum atomic E-state index is -0.950. The van der Waals surface area contributed by atoms with Gasteiger partial charge in [-0.3, -0.25) is 39.3 Å². The molecular formula is C46H56N10NaO9+. The Kier molecular flexibility index (Phi) is 20.6. The normalized spacial score (nSPS) is 13.1. The standard InChI is InChI=1S/2C23H25N5O3.Na.3H2O/c2*1-16-2-4-18(5-3-16)22-21(17-8-10-24-11-9-17)23(26-25-22)28-14-12-27(13-15-28)19(29)6-7-20(30)31;;;;/h2*2-5,8-11H,6-7,12-15H2,1H3,(H,25,26)(H,30,31);;3*1H2/q;;+1;;;. The summed E-state index contributed by atoms with van der Waals surface area (Å²) >= 11 is 0. The molecule has 2 aliphatic rings. The van der Waals surface area contributed by atoms with Gasteiger partial charge in [-0.25, -0.2) is 0 Å². The van der Waals surface area contributed by atoms with Crippen LogP contribution >= 0.6 is 0 Å². The van der Waals surface area contributed by atoms with Gasteiger partial charge in [-0.2, -0.15) is 10.2 Å². The van der Waals surface area contributed by atoms with E-state index in [4.69, 9.17) is 10.2 Å². The fraction of sp³-hybridized carbons (Fsp3) is 0.304. The van der Waals surface area contributed by atoms with Gasteiger partial charge in [-0.1, -0.05) is 59.7 Å². The van der Waals surface area contributed by atoms with E-state index in [1.165, 1.54) is 11.1 Å². The number of rotatable bonds is 12. The number of carbonyl (C=O) groups excluding carboxylic acids is 2. The molecule has 0 radical (unpaired) electrons. The van der Waals surface area contributed by atoms with E-state index in [0.29, 0.717) is 52.4 Å². The van der Waals surface area contributed by atoms with E-state index in [-0.39, 0.29) is 83.5 Å². The summed E-state index contributed by atoms with van der Waals surface area (Å²) in [6.07, 6.45) is 6.88. The molecule has 2 aliphatic heterocycles. The minimum absolute atomic E-state index is 0. The van der Waals surface area contributed by atoms with Crippen LogP contribution in [-0.4, -0.2) is 143 Å². The van der Waals surface area contributed by atoms with E-state index in [0.717, 1.165) is 56.4 Å². The van der Waals surface area contributed by atoms with Gasteiger partial charge in [0.2, 0.25) is 11.8 Å². The molecule has 19 nitrogen and oxygen atoms in total. The van der Waals surface area contributed by atoms with E-state index < -0.39 is 11.9 Å². The first-order valence-corrected chi connectivity index (χ1v) is 20.7. The first-order chi connectivity index (χ1) is 30.0. The monoisotopic (exact) mass is 915 g/mol. The van der Waals surface area contributed by atoms with Crippen LogP contribution in [0, 0.1) is 13.8 Å². The number of nitrogens with zero attached hydrogens (tertiary/aromatic N) is 8. The number of aromatic amines is 2. The largest absolute Gasteiger partial charge is 1.00 e. The average molecular weight is 916 g/mol. The molecule has 0 atom stereocenters. The van der Waals surface area contributed by atoms with Gasteiger partial charge in [-0.15, -0.1) is 0 Å². The molecule has 2 aromatic carbocycles. The molecule has 66 heavy (non-hydrogen) atoms. The van der Waals surface area contributed by atoms with Gasteiger partial charge in [0.25, 0.3) is 0 Å². The Morgan fingerprint density at radius 2 is 0.803 bits per heavy atom. The number of piperazine rings is 2. The second-order valence-corrected chi connectivity index (χ2v) is 15.3. The summed E-state index contributed by atoms with van der Waals surface area (Å²) in [6.45, 7) is 8.82. The maximum absolute atomic E-state index is 12.3. The molecule has 6 heterocycles. The Bertz CT molecular complexity index is 2300. The predicted molar refractivity (Wildman–Crippen MR) is 246 cm³/mol. The number of aliphatic carboxylic acids is 2. The number of anilines is 2. The Labute approximate surface area is 404 Å². The molecule has 0 unspecified atom stereocenters. The van der Waals surface area contributed by atoms with Crippen molar-refractivity contribution in [2.45, 2.75) is 39.5 Å². The summed E-state index contributed by atoms with van der Waals surface area (Å²) in [4.78, 5) is 62.1. The number of hydrogen-bond donors (Lipinski definition) is 4. The number of amides is 2. The van der Waals surface area contributed by atoms with Crippen LogP contribution in [0.2, 0.25) is 0 Å². The van der Waals surface area contributed by atoms with Crippen LogP contribution in [0.4, 0.5) is 11.6 Å². The van der Waals surface area contributed by atoms with Crippen molar-refractivity contribution in [3.8, 4) is 44.8 Å². The van der Waals surface area contributed by atoms with Crippen LogP contribution in [0.3, 0.4) is 0 Å². The number of aromatic nitrogens is 6. The third-order valence-electron chi connectivity index (χ3n) is 11.1. The van der Waals surface area contributed by atoms with Gasteiger partial charge < -0.3 is 46.2 Å². The SMILES string of the molecule is Cc1ccc(-c2[nH]nc(N3CCN(C(=O)CCC(=O)O)CC3)c2-c2ccncc2)cc1.Cc1ccc(-c2[nH]nc(N3CCN(C(=O)CCC(=O)O)CC3)c2-c2ccncc2)cc1.O.O.O.[Na+]. The van der Waals surface area contributed by atoms with Crippen LogP contribution in [-0.2, 0) is 19.2 Å². The number of carboxylic acids is 2. The summed E-state index contributed by atoms with van der Waals surface area (Å²) < 4.78 is 0. The maximum Gasteiger partial charge on any atom is 1.00 e. The molecule has 0 bridgehead atoms. The minimum Gasteiger partial charge on any atom is -0.481 e. The molecule has 0 aliphatic carbocycles. The molecule has 20 heteroatoms. The first kappa shape index (κ1) is 53.9. The van der Waals surface area contributed by atoms with E-state index in [2.05, 4.69) is 103 Å². The van der Waals surface area contributed by atoms with E-state index in [1.54, 1.807) is 34.6 Å². The summed E-state index contributed by atoms with van der Waals surface area (Å²) in [5, 5.41) is 33.3. The fourth-order valence-corrected chi connectivity index (χ4v) is 7.64. The van der Waals surface area contributed by atoms with Crippen LogP contribution in [0.5, 0.6) is 0 Å². The van der Waals surface area contributed by atoms with Crippen LogP contribution in [0.1, 0.15) is 36.8 Å². The molecule has 10 N–H and O–H groups in total. The summed E-state index contributed by atoms with van der Waals surface area (Å²) in [6, 6.07) is 24.5. The predicted octanol–water partition coefficient (Wildman–Crippen LogP) is 0.451. The topological polar surface area (TPSA) is 299 Å². The molecule has 344 valence electrons. The quantitative estimate of drug-likeness (QED) is 0.122. The molecule has 4 aromatic heterocycles. The van der Waals surface area contributed by atoms with Crippen molar-refractivity contribution in [3.05, 3.63) is 109 Å². The second-order valence-electron chi connectivity index (χ2n) is 15.3. The molecular weight excluding hydrogens is 860 g/mol. The fourth-order valence-electron chi connectivity index (χ4n) is 7.64. The second kappa shape index (κ2) is 25.3. The number of carbonyl (C=O) groups is 4. The van der Waals surface area contributed by atoms with Crippen molar-refractivity contribution in [3.63, 3.8) is 0 Å². The van der Waals surface area contributed by atoms with E-state index in [1.807, 2.05) is 24.3 Å². The number of hydrogen-bond acceptors (Lipinski definition) is 10. The number of aryl methyl sites for hydroxylation is 2. The van der Waals surface area contributed by atoms with Crippen molar-refractivity contribution >= 4 is 35.4 Å².